The van der Waals surface area contributed by atoms with Gasteiger partial charge in [-0.05, 0) is 19.8 Å². The van der Waals surface area contributed by atoms with E-state index < -0.39 is 17.4 Å². The molecule has 0 radical (unpaired) electrons. The number of carbonyl (C=O) groups excluding carboxylic acids is 2. The van der Waals surface area contributed by atoms with E-state index in [0.29, 0.717) is 0 Å². The zero-order valence-corrected chi connectivity index (χ0v) is 12.4. The van der Waals surface area contributed by atoms with Gasteiger partial charge in [0, 0.05) is 19.7 Å². The highest BCUT2D eigenvalue weighted by atomic mass is 16.5. The predicted octanol–water partition coefficient (Wildman–Crippen LogP) is 0.339. The van der Waals surface area contributed by atoms with E-state index in [9.17, 15) is 14.7 Å². The fraction of sp³-hybridized carbons (Fsp3) is 0.857. The van der Waals surface area contributed by atoms with Crippen LogP contribution in [0.25, 0.3) is 0 Å². The van der Waals surface area contributed by atoms with Crippen LogP contribution in [0.3, 0.4) is 0 Å². The Morgan fingerprint density at radius 2 is 1.80 bits per heavy atom. The van der Waals surface area contributed by atoms with Crippen LogP contribution in [-0.4, -0.2) is 48.8 Å². The largest absolute Gasteiger partial charge is 0.386 e. The number of aliphatic hydroxyl groups is 1. The molecule has 0 aromatic rings. The molecule has 0 aromatic carbocycles. The maximum Gasteiger partial charge on any atom is 0.309 e. The van der Waals surface area contributed by atoms with Crippen molar-refractivity contribution in [3.05, 3.63) is 0 Å². The molecule has 2 amide bonds. The number of hydrogen-bond acceptors (Lipinski definition) is 4. The van der Waals surface area contributed by atoms with Crippen LogP contribution in [0.2, 0.25) is 0 Å². The Bertz CT molecular complexity index is 323. The SMILES string of the molecule is COCC(C)(O)CNC(=O)C(=O)NC1CCCCCC1. The van der Waals surface area contributed by atoms with Gasteiger partial charge in [0.1, 0.15) is 5.60 Å². The standard InChI is InChI=1S/C14H26N2O4/c1-14(19,10-20-2)9-15-12(17)13(18)16-11-7-5-3-4-6-8-11/h11,19H,3-10H2,1-2H3,(H,15,17)(H,16,18). The molecule has 1 saturated carbocycles. The summed E-state index contributed by atoms with van der Waals surface area (Å²) in [7, 11) is 1.47. The van der Waals surface area contributed by atoms with E-state index in [0.717, 1.165) is 25.7 Å². The van der Waals surface area contributed by atoms with E-state index in [1.54, 1.807) is 6.92 Å². The smallest absolute Gasteiger partial charge is 0.309 e. The van der Waals surface area contributed by atoms with Gasteiger partial charge in [0.15, 0.2) is 0 Å². The Morgan fingerprint density at radius 1 is 1.20 bits per heavy atom. The summed E-state index contributed by atoms with van der Waals surface area (Å²) in [5, 5.41) is 15.0. The van der Waals surface area contributed by atoms with Crippen LogP contribution in [0.5, 0.6) is 0 Å². The summed E-state index contributed by atoms with van der Waals surface area (Å²) in [6, 6.07) is 0.0928. The third-order valence-electron chi connectivity index (χ3n) is 3.48. The summed E-state index contributed by atoms with van der Waals surface area (Å²) < 4.78 is 4.83. The van der Waals surface area contributed by atoms with Crippen molar-refractivity contribution in [1.29, 1.82) is 0 Å². The molecule has 20 heavy (non-hydrogen) atoms. The second kappa shape index (κ2) is 8.21. The molecule has 1 aliphatic rings. The van der Waals surface area contributed by atoms with E-state index in [2.05, 4.69) is 10.6 Å². The van der Waals surface area contributed by atoms with Gasteiger partial charge in [-0.3, -0.25) is 9.59 Å². The van der Waals surface area contributed by atoms with Crippen LogP contribution in [-0.2, 0) is 14.3 Å². The van der Waals surface area contributed by atoms with Gasteiger partial charge in [-0.25, -0.2) is 0 Å². The zero-order valence-electron chi connectivity index (χ0n) is 12.4. The first-order valence-corrected chi connectivity index (χ1v) is 7.24. The quantitative estimate of drug-likeness (QED) is 0.502. The molecule has 1 fully saturated rings. The van der Waals surface area contributed by atoms with Gasteiger partial charge < -0.3 is 20.5 Å². The molecule has 6 heteroatoms. The minimum atomic E-state index is -1.17. The van der Waals surface area contributed by atoms with Gasteiger partial charge in [0.05, 0.1) is 6.61 Å². The number of nitrogens with one attached hydrogen (secondary N) is 2. The molecule has 6 nitrogen and oxygen atoms in total. The molecule has 3 N–H and O–H groups in total. The van der Waals surface area contributed by atoms with E-state index in [4.69, 9.17) is 4.74 Å². The summed E-state index contributed by atoms with van der Waals surface area (Å²) in [6.07, 6.45) is 6.43. The molecule has 0 spiro atoms. The van der Waals surface area contributed by atoms with Gasteiger partial charge in [0.2, 0.25) is 0 Å². The average Bonchev–Trinajstić information content (AvgIpc) is 2.64. The van der Waals surface area contributed by atoms with Crippen molar-refractivity contribution in [3.8, 4) is 0 Å². The van der Waals surface area contributed by atoms with Crippen LogP contribution in [0.4, 0.5) is 0 Å². The fourth-order valence-corrected chi connectivity index (χ4v) is 2.39. The molecular weight excluding hydrogens is 260 g/mol. The third-order valence-corrected chi connectivity index (χ3v) is 3.48. The van der Waals surface area contributed by atoms with Gasteiger partial charge in [-0.2, -0.15) is 0 Å². The van der Waals surface area contributed by atoms with Crippen molar-refractivity contribution in [2.75, 3.05) is 20.3 Å². The molecule has 1 aliphatic carbocycles. The molecule has 0 bridgehead atoms. The lowest BCUT2D eigenvalue weighted by molar-refractivity contribution is -0.140. The van der Waals surface area contributed by atoms with Crippen molar-refractivity contribution in [2.24, 2.45) is 0 Å². The molecule has 0 saturated heterocycles. The number of amides is 2. The third kappa shape index (κ3) is 6.34. The Labute approximate surface area is 120 Å². The summed E-state index contributed by atoms with van der Waals surface area (Å²) in [5.74, 6) is -1.32. The van der Waals surface area contributed by atoms with Crippen LogP contribution >= 0.6 is 0 Å². The average molecular weight is 286 g/mol. The highest BCUT2D eigenvalue weighted by Gasteiger charge is 2.24. The minimum Gasteiger partial charge on any atom is -0.386 e. The Hall–Kier alpha value is -1.14. The first kappa shape index (κ1) is 16.9. The molecule has 0 aromatic heterocycles. The van der Waals surface area contributed by atoms with E-state index in [-0.39, 0.29) is 19.2 Å². The Balaban J connectivity index is 2.33. The summed E-state index contributed by atoms with van der Waals surface area (Å²) >= 11 is 0. The lowest BCUT2D eigenvalue weighted by Gasteiger charge is -2.22. The molecular formula is C14H26N2O4. The maximum atomic E-state index is 11.8. The van der Waals surface area contributed by atoms with Crippen LogP contribution in [0.1, 0.15) is 45.4 Å². The van der Waals surface area contributed by atoms with Gasteiger partial charge in [0.25, 0.3) is 0 Å². The van der Waals surface area contributed by atoms with Crippen LogP contribution in [0.15, 0.2) is 0 Å². The number of carbonyl (C=O) groups is 2. The summed E-state index contributed by atoms with van der Waals surface area (Å²) in [6.45, 7) is 1.62. The van der Waals surface area contributed by atoms with Crippen LogP contribution in [0, 0.1) is 0 Å². The van der Waals surface area contributed by atoms with Crippen molar-refractivity contribution < 1.29 is 19.4 Å². The van der Waals surface area contributed by atoms with E-state index >= 15 is 0 Å². The second-order valence-electron chi connectivity index (χ2n) is 5.77. The summed E-state index contributed by atoms with van der Waals surface area (Å²) in [5.41, 5.74) is -1.17. The Morgan fingerprint density at radius 3 is 2.35 bits per heavy atom. The van der Waals surface area contributed by atoms with Gasteiger partial charge in [-0.15, -0.1) is 0 Å². The maximum absolute atomic E-state index is 11.8. The topological polar surface area (TPSA) is 87.7 Å². The highest BCUT2D eigenvalue weighted by Crippen LogP contribution is 2.17. The first-order chi connectivity index (χ1) is 9.44. The Kier molecular flexibility index (Phi) is 6.95. The lowest BCUT2D eigenvalue weighted by Crippen LogP contribution is -2.49. The molecule has 1 atom stereocenters. The monoisotopic (exact) mass is 286 g/mol. The lowest BCUT2D eigenvalue weighted by atomic mass is 10.1. The van der Waals surface area contributed by atoms with Crippen molar-refractivity contribution in [3.63, 3.8) is 0 Å². The normalized spacial score (nSPS) is 19.8. The number of hydrogen-bond donors (Lipinski definition) is 3. The zero-order chi connectivity index (χ0) is 15.0. The molecule has 1 rings (SSSR count). The number of rotatable bonds is 5. The second-order valence-corrected chi connectivity index (χ2v) is 5.77. The molecule has 0 heterocycles. The highest BCUT2D eigenvalue weighted by molar-refractivity contribution is 6.35. The number of ether oxygens (including phenoxy) is 1. The first-order valence-electron chi connectivity index (χ1n) is 7.24. The van der Waals surface area contributed by atoms with Crippen LogP contribution < -0.4 is 10.6 Å². The predicted molar refractivity (Wildman–Crippen MR) is 75.1 cm³/mol. The van der Waals surface area contributed by atoms with Gasteiger partial charge >= 0.3 is 11.8 Å². The fourth-order valence-electron chi connectivity index (χ4n) is 2.39. The summed E-state index contributed by atoms with van der Waals surface area (Å²) in [4.78, 5) is 23.4. The molecule has 0 aliphatic heterocycles. The molecule has 1 unspecified atom stereocenters. The van der Waals surface area contributed by atoms with Crippen molar-refractivity contribution in [1.82, 2.24) is 10.6 Å². The minimum absolute atomic E-state index is 0.0161. The van der Waals surface area contributed by atoms with Crippen molar-refractivity contribution in [2.45, 2.75) is 57.1 Å². The molecule has 116 valence electrons. The van der Waals surface area contributed by atoms with E-state index in [1.165, 1.54) is 20.0 Å². The van der Waals surface area contributed by atoms with Crippen molar-refractivity contribution >= 4 is 11.8 Å². The van der Waals surface area contributed by atoms with E-state index in [1.807, 2.05) is 0 Å². The van der Waals surface area contributed by atoms with Gasteiger partial charge in [-0.1, -0.05) is 25.7 Å². The number of methoxy groups -OCH3 is 1.